The molecule has 6 heteroatoms. The Morgan fingerprint density at radius 2 is 0.735 bits per heavy atom. The third-order valence-corrected chi connectivity index (χ3v) is 7.91. The van der Waals surface area contributed by atoms with Gasteiger partial charge in [0.1, 0.15) is 0 Å². The second-order valence-corrected chi connectivity index (χ2v) is 10.3. The van der Waals surface area contributed by atoms with Crippen molar-refractivity contribution in [3.8, 4) is 0 Å². The Bertz CT molecular complexity index is 416. The van der Waals surface area contributed by atoms with Gasteiger partial charge in [-0.2, -0.15) is 0 Å². The maximum Gasteiger partial charge on any atom is 2.00 e. The van der Waals surface area contributed by atoms with Crippen LogP contribution in [0.15, 0.2) is 0 Å². The molecule has 20 radical (unpaired) electrons. The predicted molar refractivity (Wildman–Crippen MR) is 143 cm³/mol. The second kappa shape index (κ2) is 20.6. The van der Waals surface area contributed by atoms with E-state index in [1.54, 1.807) is 0 Å². The third kappa shape index (κ3) is 12.9. The van der Waals surface area contributed by atoms with Crippen LogP contribution in [0.25, 0.3) is 0 Å². The van der Waals surface area contributed by atoms with Crippen LogP contribution in [0.1, 0.15) is 13.8 Å². The largest absolute Gasteiger partial charge is 2.00 e. The molecule has 0 N–H and O–H groups in total. The van der Waals surface area contributed by atoms with Crippen LogP contribution in [0.2, 0.25) is 0 Å². The Balaban J connectivity index is 0.000000746. The average molecular weight is 576 g/mol. The van der Waals surface area contributed by atoms with Gasteiger partial charge in [0.2, 0.25) is 0 Å². The SMILES string of the molecule is C[C@H]([C]1[CH][CH][CH][C]1SS[C]1[CH][CH][CH][C]1[C@@H](C)N(C)C)N(C)C.[CH]1[CH][CH][CH][CH]1.[CH]1[CH][CH][CH][CH]1.[Fe+2].[Fe+2]. The van der Waals surface area contributed by atoms with E-state index in [1.807, 2.05) is 85.8 Å². The van der Waals surface area contributed by atoms with Gasteiger partial charge in [0, 0.05) is 23.9 Å². The van der Waals surface area contributed by atoms with Gasteiger partial charge in [-0.3, -0.25) is 0 Å². The maximum atomic E-state index is 2.26. The Morgan fingerprint density at radius 1 is 0.471 bits per heavy atom. The molecule has 0 spiro atoms. The number of rotatable bonds is 7. The standard InChI is InChI=1S/C18H26N2S2.2C5H5.2Fe/c1-13(19(3)4)15-9-7-11-17(15)21-22-18-12-8-10-16(18)14(2)20(5)6;2*1-2-4-5-3-1;;/h7-14H,1-6H3;2*1-5H;;/q;;;2*+2/t13-,14-;;;;/m1..../s1. The van der Waals surface area contributed by atoms with E-state index in [0.717, 1.165) is 0 Å². The van der Waals surface area contributed by atoms with Crippen molar-refractivity contribution in [3.63, 3.8) is 0 Å². The summed E-state index contributed by atoms with van der Waals surface area (Å²) in [6.45, 7) is 4.51. The monoisotopic (exact) mass is 576 g/mol. The van der Waals surface area contributed by atoms with Crippen molar-refractivity contribution in [2.75, 3.05) is 28.2 Å². The van der Waals surface area contributed by atoms with Gasteiger partial charge in [-0.25, -0.2) is 0 Å². The predicted octanol–water partition coefficient (Wildman–Crippen LogP) is 5.77. The summed E-state index contributed by atoms with van der Waals surface area (Å²) in [4.78, 5) is 4.51. The Kier molecular flexibility index (Phi) is 21.6. The minimum atomic E-state index is 0. The van der Waals surface area contributed by atoms with Gasteiger partial charge < -0.3 is 9.80 Å². The molecular weight excluding hydrogens is 540 g/mol. The number of hydrogen-bond donors (Lipinski definition) is 0. The van der Waals surface area contributed by atoms with E-state index < -0.39 is 0 Å². The van der Waals surface area contributed by atoms with Gasteiger partial charge in [0.25, 0.3) is 0 Å². The first-order chi connectivity index (χ1) is 15.4. The van der Waals surface area contributed by atoms with Crippen molar-refractivity contribution in [3.05, 3.63) is 125 Å². The van der Waals surface area contributed by atoms with Crippen LogP contribution >= 0.6 is 21.6 Å². The summed E-state index contributed by atoms with van der Waals surface area (Å²) < 4.78 is 0. The molecule has 0 heterocycles. The summed E-state index contributed by atoms with van der Waals surface area (Å²) in [7, 11) is 12.3. The summed E-state index contributed by atoms with van der Waals surface area (Å²) in [5.41, 5.74) is 0. The van der Waals surface area contributed by atoms with E-state index in [0.29, 0.717) is 12.1 Å². The summed E-state index contributed by atoms with van der Waals surface area (Å²) in [5, 5.41) is 2.74. The Hall–Kier alpha value is 1.66. The summed E-state index contributed by atoms with van der Waals surface area (Å²) >= 11 is 0. The topological polar surface area (TPSA) is 6.48 Å². The molecule has 0 aliphatic heterocycles. The quantitative estimate of drug-likeness (QED) is 0.281. The molecule has 2 atom stereocenters. The zero-order chi connectivity index (χ0) is 23.3. The van der Waals surface area contributed by atoms with Crippen LogP contribution in [0.4, 0.5) is 0 Å². The van der Waals surface area contributed by atoms with Crippen molar-refractivity contribution in [2.24, 2.45) is 0 Å². The number of nitrogens with zero attached hydrogens (tertiary/aromatic N) is 2. The summed E-state index contributed by atoms with van der Waals surface area (Å²) in [6.07, 6.45) is 33.2. The number of hydrogen-bond acceptors (Lipinski definition) is 4. The first-order valence-corrected chi connectivity index (χ1v) is 13.1. The van der Waals surface area contributed by atoms with Gasteiger partial charge in [0.05, 0.1) is 10.5 Å². The fraction of sp³-hybridized carbons (Fsp3) is 0.286. The molecule has 4 rings (SSSR count). The zero-order valence-electron chi connectivity index (χ0n) is 20.8. The molecule has 4 aliphatic carbocycles. The molecule has 0 bridgehead atoms. The van der Waals surface area contributed by atoms with Crippen molar-refractivity contribution >= 4 is 21.6 Å². The van der Waals surface area contributed by atoms with E-state index in [2.05, 4.69) is 90.4 Å². The molecule has 4 saturated carbocycles. The van der Waals surface area contributed by atoms with Crippen LogP contribution in [0.5, 0.6) is 0 Å². The van der Waals surface area contributed by atoms with E-state index in [9.17, 15) is 0 Å². The third-order valence-electron chi connectivity index (χ3n) is 5.40. The van der Waals surface area contributed by atoms with Crippen molar-refractivity contribution < 1.29 is 34.1 Å². The van der Waals surface area contributed by atoms with Gasteiger partial charge in [-0.05, 0) is 145 Å². The minimum Gasteiger partial charge on any atom is -0.306 e. The minimum absolute atomic E-state index is 0. The first kappa shape index (κ1) is 35.7. The molecule has 0 unspecified atom stereocenters. The van der Waals surface area contributed by atoms with Crippen LogP contribution in [0.3, 0.4) is 0 Å². The van der Waals surface area contributed by atoms with Crippen molar-refractivity contribution in [1.29, 1.82) is 0 Å². The van der Waals surface area contributed by atoms with E-state index in [4.69, 9.17) is 0 Å². The first-order valence-electron chi connectivity index (χ1n) is 10.9. The van der Waals surface area contributed by atoms with Crippen LogP contribution in [-0.2, 0) is 34.1 Å². The molecule has 4 aliphatic rings. The second-order valence-electron chi connectivity index (χ2n) is 8.06. The molecule has 34 heavy (non-hydrogen) atoms. The Labute approximate surface area is 243 Å². The fourth-order valence-corrected chi connectivity index (χ4v) is 5.53. The molecule has 2 nitrogen and oxygen atoms in total. The van der Waals surface area contributed by atoms with Crippen LogP contribution in [-0.4, -0.2) is 50.1 Å². The van der Waals surface area contributed by atoms with Gasteiger partial charge >= 0.3 is 34.1 Å². The Morgan fingerprint density at radius 3 is 0.971 bits per heavy atom. The van der Waals surface area contributed by atoms with Crippen LogP contribution in [0, 0.1) is 125 Å². The average Bonchev–Trinajstić information content (AvgIpc) is 3.61. The van der Waals surface area contributed by atoms with Gasteiger partial charge in [-0.1, -0.05) is 21.6 Å². The maximum absolute atomic E-state index is 2.26. The normalized spacial score (nSPS) is 23.6. The van der Waals surface area contributed by atoms with Crippen molar-refractivity contribution in [1.82, 2.24) is 9.80 Å². The van der Waals surface area contributed by atoms with E-state index in [1.165, 1.54) is 22.3 Å². The van der Waals surface area contributed by atoms with Crippen molar-refractivity contribution in [2.45, 2.75) is 25.9 Å². The van der Waals surface area contributed by atoms with E-state index >= 15 is 0 Å². The molecule has 182 valence electrons. The molecule has 0 saturated heterocycles. The summed E-state index contributed by atoms with van der Waals surface area (Å²) in [5.74, 6) is 2.83. The van der Waals surface area contributed by atoms with Gasteiger partial charge in [0.15, 0.2) is 0 Å². The molecule has 4 fully saturated rings. The summed E-state index contributed by atoms with van der Waals surface area (Å²) in [6, 6.07) is 0.885. The molecular formula is C28H36Fe2N2S2+4. The zero-order valence-corrected chi connectivity index (χ0v) is 24.7. The molecule has 0 aromatic heterocycles. The van der Waals surface area contributed by atoms with Gasteiger partial charge in [-0.15, -0.1) is 0 Å². The molecule has 0 aromatic carbocycles. The fourth-order valence-electron chi connectivity index (χ4n) is 2.96. The van der Waals surface area contributed by atoms with Crippen LogP contribution < -0.4 is 0 Å². The van der Waals surface area contributed by atoms with E-state index in [-0.39, 0.29) is 34.1 Å². The smallest absolute Gasteiger partial charge is 0.306 e. The molecule has 0 aromatic rings. The molecule has 0 amide bonds.